The third-order valence-electron chi connectivity index (χ3n) is 6.68. The van der Waals surface area contributed by atoms with Gasteiger partial charge in [-0.3, -0.25) is 9.59 Å². The van der Waals surface area contributed by atoms with Crippen LogP contribution in [0.1, 0.15) is 24.8 Å². The highest BCUT2D eigenvalue weighted by molar-refractivity contribution is 7.81. The molecule has 1 heterocycles. The van der Waals surface area contributed by atoms with Gasteiger partial charge in [-0.05, 0) is 37.3 Å². The first kappa shape index (κ1) is 21.7. The summed E-state index contributed by atoms with van der Waals surface area (Å²) >= 11 is 0. The van der Waals surface area contributed by atoms with Crippen molar-refractivity contribution in [3.8, 4) is 0 Å². The molecule has 6 heteroatoms. The minimum Gasteiger partial charge on any atom is -0.455 e. The Hall–Kier alpha value is -3.17. The van der Waals surface area contributed by atoms with E-state index in [0.717, 1.165) is 24.1 Å². The molecule has 0 radical (unpaired) electrons. The van der Waals surface area contributed by atoms with Gasteiger partial charge in [0, 0.05) is 22.8 Å². The first-order chi connectivity index (χ1) is 16.1. The number of rotatable bonds is 6. The standard InChI is InChI=1S/C27H26NO4P/c29-25(28-19-9-11-21-10-7-8-16-24(21)28)20-32-26(30)27(17-18-27)33(31,22-12-3-1-4-13-22)23-14-5-2-6-15-23/h1-8,10,12-16H,9,11,17-20H2. The molecular formula is C27H26NO4P. The molecule has 0 unspecified atom stereocenters. The number of hydrogen-bond donors (Lipinski definition) is 0. The summed E-state index contributed by atoms with van der Waals surface area (Å²) in [5, 5.41) is 0.166. The Bertz CT molecular complexity index is 1180. The molecule has 5 nitrogen and oxygen atoms in total. The lowest BCUT2D eigenvalue weighted by Gasteiger charge is -2.30. The molecular weight excluding hydrogens is 433 g/mol. The zero-order chi connectivity index (χ0) is 22.9. The van der Waals surface area contributed by atoms with Crippen molar-refractivity contribution >= 4 is 35.3 Å². The molecule has 0 saturated heterocycles. The van der Waals surface area contributed by atoms with Crippen molar-refractivity contribution in [2.45, 2.75) is 30.8 Å². The molecule has 1 aliphatic carbocycles. The summed E-state index contributed by atoms with van der Waals surface area (Å²) in [5.74, 6) is -0.794. The lowest BCUT2D eigenvalue weighted by atomic mass is 10.0. The molecule has 168 valence electrons. The number of benzene rings is 3. The number of fused-ring (bicyclic) bond motifs is 1. The first-order valence-electron chi connectivity index (χ1n) is 11.3. The van der Waals surface area contributed by atoms with Crippen LogP contribution in [0.25, 0.3) is 0 Å². The summed E-state index contributed by atoms with van der Waals surface area (Å²) in [6, 6.07) is 26.2. The van der Waals surface area contributed by atoms with Crippen molar-refractivity contribution in [3.05, 3.63) is 90.5 Å². The Kier molecular flexibility index (Phi) is 5.67. The van der Waals surface area contributed by atoms with E-state index in [2.05, 4.69) is 0 Å². The summed E-state index contributed by atoms with van der Waals surface area (Å²) in [6.07, 6.45) is 2.76. The average molecular weight is 459 g/mol. The fourth-order valence-electron chi connectivity index (χ4n) is 4.82. The number of para-hydroxylation sites is 1. The van der Waals surface area contributed by atoms with Crippen LogP contribution < -0.4 is 15.5 Å². The van der Waals surface area contributed by atoms with Crippen LogP contribution in [0.3, 0.4) is 0 Å². The van der Waals surface area contributed by atoms with E-state index in [1.807, 2.05) is 84.9 Å². The second-order valence-electron chi connectivity index (χ2n) is 8.67. The van der Waals surface area contributed by atoms with Gasteiger partial charge in [0.25, 0.3) is 5.91 Å². The van der Waals surface area contributed by atoms with Gasteiger partial charge >= 0.3 is 5.97 Å². The SMILES string of the molecule is O=C(COC(=O)C1(P(=O)(c2ccccc2)c2ccccc2)CC1)N1CCCc2ccccc21. The zero-order valence-electron chi connectivity index (χ0n) is 18.4. The van der Waals surface area contributed by atoms with Crippen molar-refractivity contribution < 1.29 is 18.9 Å². The van der Waals surface area contributed by atoms with Crippen LogP contribution in [0.2, 0.25) is 0 Å². The number of carbonyl (C=O) groups excluding carboxylic acids is 2. The van der Waals surface area contributed by atoms with Gasteiger partial charge in [-0.25, -0.2) is 0 Å². The number of nitrogens with zero attached hydrogens (tertiary/aromatic N) is 1. The van der Waals surface area contributed by atoms with Gasteiger partial charge in [0.15, 0.2) is 13.7 Å². The van der Waals surface area contributed by atoms with Crippen molar-refractivity contribution in [1.29, 1.82) is 0 Å². The normalized spacial score (nSPS) is 16.5. The molecule has 1 fully saturated rings. The lowest BCUT2D eigenvalue weighted by Crippen LogP contribution is -2.40. The Labute approximate surface area is 193 Å². The van der Waals surface area contributed by atoms with Crippen LogP contribution in [0.4, 0.5) is 5.69 Å². The monoisotopic (exact) mass is 459 g/mol. The number of ether oxygens (including phenoxy) is 1. The molecule has 0 aromatic heterocycles. The molecule has 3 aromatic rings. The smallest absolute Gasteiger partial charge is 0.320 e. The molecule has 1 amide bonds. The van der Waals surface area contributed by atoms with Gasteiger partial charge in [0.05, 0.1) is 0 Å². The second kappa shape index (κ2) is 8.64. The summed E-state index contributed by atoms with van der Waals surface area (Å²) in [4.78, 5) is 28.1. The third-order valence-corrected chi connectivity index (χ3v) is 10.6. The van der Waals surface area contributed by atoms with Crippen molar-refractivity contribution in [2.24, 2.45) is 0 Å². The fraction of sp³-hybridized carbons (Fsp3) is 0.259. The molecule has 5 rings (SSSR count). The maximum atomic E-state index is 14.7. The highest BCUT2D eigenvalue weighted by atomic mass is 31.2. The highest BCUT2D eigenvalue weighted by Gasteiger charge is 2.65. The van der Waals surface area contributed by atoms with Crippen molar-refractivity contribution in [2.75, 3.05) is 18.1 Å². The van der Waals surface area contributed by atoms with Crippen molar-refractivity contribution in [3.63, 3.8) is 0 Å². The van der Waals surface area contributed by atoms with E-state index < -0.39 is 18.3 Å². The third kappa shape index (κ3) is 3.71. The molecule has 2 aliphatic rings. The molecule has 1 aliphatic heterocycles. The van der Waals surface area contributed by atoms with Gasteiger partial charge in [0.1, 0.15) is 5.16 Å². The molecule has 0 atom stereocenters. The van der Waals surface area contributed by atoms with E-state index >= 15 is 0 Å². The van der Waals surface area contributed by atoms with Crippen LogP contribution in [-0.2, 0) is 25.3 Å². The molecule has 1 saturated carbocycles. The quantitative estimate of drug-likeness (QED) is 0.412. The molecule has 0 bridgehead atoms. The first-order valence-corrected chi connectivity index (χ1v) is 13.0. The van der Waals surface area contributed by atoms with E-state index in [1.54, 1.807) is 4.90 Å². The van der Waals surface area contributed by atoms with E-state index in [-0.39, 0.29) is 12.5 Å². The number of amides is 1. The van der Waals surface area contributed by atoms with E-state index in [9.17, 15) is 14.2 Å². The summed E-state index contributed by atoms with van der Waals surface area (Å²) in [7, 11) is -3.32. The Morgan fingerprint density at radius 1 is 0.848 bits per heavy atom. The molecule has 0 N–H and O–H groups in total. The van der Waals surface area contributed by atoms with Crippen molar-refractivity contribution in [1.82, 2.24) is 0 Å². The van der Waals surface area contributed by atoms with Crippen LogP contribution in [-0.4, -0.2) is 30.2 Å². The minimum atomic E-state index is -3.32. The number of esters is 1. The van der Waals surface area contributed by atoms with Crippen LogP contribution >= 0.6 is 7.14 Å². The summed E-state index contributed by atoms with van der Waals surface area (Å²) in [5.41, 5.74) is 2.00. The minimum absolute atomic E-state index is 0.249. The second-order valence-corrected chi connectivity index (χ2v) is 11.8. The Balaban J connectivity index is 1.39. The summed E-state index contributed by atoms with van der Waals surface area (Å²) < 4.78 is 20.2. The highest BCUT2D eigenvalue weighted by Crippen LogP contribution is 2.68. The lowest BCUT2D eigenvalue weighted by molar-refractivity contribution is -0.148. The van der Waals surface area contributed by atoms with E-state index in [1.165, 1.54) is 0 Å². The van der Waals surface area contributed by atoms with E-state index in [0.29, 0.717) is 30.0 Å². The zero-order valence-corrected chi connectivity index (χ0v) is 19.2. The maximum absolute atomic E-state index is 14.7. The number of hydrogen-bond acceptors (Lipinski definition) is 4. The molecule has 0 spiro atoms. The fourth-order valence-corrected chi connectivity index (χ4v) is 8.35. The number of aryl methyl sites for hydroxylation is 1. The Morgan fingerprint density at radius 3 is 2.03 bits per heavy atom. The molecule has 33 heavy (non-hydrogen) atoms. The van der Waals surface area contributed by atoms with Crippen LogP contribution in [0, 0.1) is 0 Å². The van der Waals surface area contributed by atoms with Gasteiger partial charge in [-0.1, -0.05) is 78.9 Å². The van der Waals surface area contributed by atoms with Gasteiger partial charge in [-0.15, -0.1) is 0 Å². The van der Waals surface area contributed by atoms with Gasteiger partial charge in [-0.2, -0.15) is 0 Å². The Morgan fingerprint density at radius 2 is 1.42 bits per heavy atom. The molecule has 3 aromatic carbocycles. The predicted octanol–water partition coefficient (Wildman–Crippen LogP) is 4.06. The van der Waals surface area contributed by atoms with Gasteiger partial charge in [0.2, 0.25) is 0 Å². The maximum Gasteiger partial charge on any atom is 0.320 e. The summed E-state index contributed by atoms with van der Waals surface area (Å²) in [6.45, 7) is 0.254. The van der Waals surface area contributed by atoms with Crippen LogP contribution in [0.5, 0.6) is 0 Å². The average Bonchev–Trinajstić information content (AvgIpc) is 3.70. The number of carbonyl (C=O) groups is 2. The largest absolute Gasteiger partial charge is 0.455 e. The van der Waals surface area contributed by atoms with Crippen LogP contribution in [0.15, 0.2) is 84.9 Å². The van der Waals surface area contributed by atoms with Gasteiger partial charge < -0.3 is 14.2 Å². The predicted molar refractivity (Wildman–Crippen MR) is 130 cm³/mol. The topological polar surface area (TPSA) is 63.7 Å². The van der Waals surface area contributed by atoms with E-state index in [4.69, 9.17) is 4.74 Å². The number of anilines is 1.